The number of aromatic nitrogens is 2. The lowest BCUT2D eigenvalue weighted by molar-refractivity contribution is 0.981. The number of fused-ring (bicyclic) bond motifs is 6. The Kier molecular flexibility index (Phi) is 8.67. The Labute approximate surface area is 361 Å². The molecule has 0 fully saturated rings. The number of allylic oxidation sites excluding steroid dienone is 1. The van der Waals surface area contributed by atoms with Crippen LogP contribution in [0.2, 0.25) is 0 Å². The van der Waals surface area contributed by atoms with Crippen molar-refractivity contribution in [1.29, 1.82) is 0 Å². The van der Waals surface area contributed by atoms with Gasteiger partial charge in [-0.15, -0.1) is 0 Å². The van der Waals surface area contributed by atoms with E-state index in [9.17, 15) is 0 Å². The summed E-state index contributed by atoms with van der Waals surface area (Å²) >= 11 is 0. The monoisotopic (exact) mass is 790 g/mol. The molecular formula is C60H42N2. The molecule has 0 N–H and O–H groups in total. The molecule has 1 aliphatic rings. The molecule has 62 heavy (non-hydrogen) atoms. The largest absolute Gasteiger partial charge is 0.310 e. The highest BCUT2D eigenvalue weighted by atomic mass is 15.0. The summed E-state index contributed by atoms with van der Waals surface area (Å²) in [5, 5.41) is 3.85. The van der Waals surface area contributed by atoms with Crippen molar-refractivity contribution in [3.63, 3.8) is 0 Å². The molecule has 0 atom stereocenters. The molecule has 2 heterocycles. The molecule has 12 rings (SSSR count). The number of aryl methyl sites for hydroxylation is 1. The quantitative estimate of drug-likeness (QED) is 0.152. The van der Waals surface area contributed by atoms with Gasteiger partial charge in [0.25, 0.3) is 0 Å². The zero-order chi connectivity index (χ0) is 41.0. The summed E-state index contributed by atoms with van der Waals surface area (Å²) in [6, 6.07) is 81.9. The maximum atomic E-state index is 2.47. The highest BCUT2D eigenvalue weighted by Gasteiger charge is 2.23. The molecule has 0 aliphatic heterocycles. The van der Waals surface area contributed by atoms with E-state index in [1.807, 2.05) is 0 Å². The van der Waals surface area contributed by atoms with Gasteiger partial charge in [-0.3, -0.25) is 0 Å². The van der Waals surface area contributed by atoms with Gasteiger partial charge in [0.05, 0.1) is 22.2 Å². The number of benzene rings is 9. The molecule has 9 aromatic carbocycles. The van der Waals surface area contributed by atoms with Crippen LogP contribution in [0.25, 0.3) is 100 Å². The first kappa shape index (κ1) is 36.0. The second kappa shape index (κ2) is 15.0. The van der Waals surface area contributed by atoms with Gasteiger partial charge in [0, 0.05) is 27.5 Å². The molecule has 0 unspecified atom stereocenters. The number of rotatable bonds is 7. The van der Waals surface area contributed by atoms with Gasteiger partial charge >= 0.3 is 0 Å². The summed E-state index contributed by atoms with van der Waals surface area (Å²) in [6.45, 7) is 0. The minimum Gasteiger partial charge on any atom is -0.310 e. The molecule has 11 aromatic rings. The van der Waals surface area contributed by atoms with Crippen LogP contribution >= 0.6 is 0 Å². The first-order chi connectivity index (χ1) is 30.8. The Balaban J connectivity index is 0.908. The van der Waals surface area contributed by atoms with Gasteiger partial charge in [0.15, 0.2) is 0 Å². The normalized spacial score (nSPS) is 12.5. The minimum atomic E-state index is 1.01. The highest BCUT2D eigenvalue weighted by molar-refractivity contribution is 6.10. The smallest absolute Gasteiger partial charge is 0.0547 e. The van der Waals surface area contributed by atoms with E-state index in [0.717, 1.165) is 18.5 Å². The third-order valence-electron chi connectivity index (χ3n) is 12.9. The van der Waals surface area contributed by atoms with E-state index < -0.39 is 0 Å². The van der Waals surface area contributed by atoms with Gasteiger partial charge in [-0.2, -0.15) is 0 Å². The van der Waals surface area contributed by atoms with Gasteiger partial charge in [-0.1, -0.05) is 182 Å². The third-order valence-corrected chi connectivity index (χ3v) is 12.9. The van der Waals surface area contributed by atoms with Crippen LogP contribution in [0.1, 0.15) is 23.2 Å². The van der Waals surface area contributed by atoms with Crippen LogP contribution in [-0.2, 0) is 6.42 Å². The van der Waals surface area contributed by atoms with E-state index in [2.05, 4.69) is 240 Å². The van der Waals surface area contributed by atoms with Gasteiger partial charge in [0.2, 0.25) is 0 Å². The zero-order valence-electron chi connectivity index (χ0n) is 34.2. The van der Waals surface area contributed by atoms with Crippen LogP contribution in [0.3, 0.4) is 0 Å². The lowest BCUT2D eigenvalue weighted by Gasteiger charge is -2.19. The summed E-state index contributed by atoms with van der Waals surface area (Å²) in [4.78, 5) is 0. The number of hydrogen-bond donors (Lipinski definition) is 0. The van der Waals surface area contributed by atoms with E-state index in [1.165, 1.54) is 105 Å². The summed E-state index contributed by atoms with van der Waals surface area (Å²) in [5.41, 5.74) is 21.2. The molecule has 0 saturated heterocycles. The second-order valence-corrected chi connectivity index (χ2v) is 16.4. The molecule has 0 saturated carbocycles. The van der Waals surface area contributed by atoms with Gasteiger partial charge < -0.3 is 9.13 Å². The van der Waals surface area contributed by atoms with Crippen LogP contribution in [0.15, 0.2) is 224 Å². The fourth-order valence-corrected chi connectivity index (χ4v) is 9.99. The van der Waals surface area contributed by atoms with Crippen LogP contribution in [0.4, 0.5) is 0 Å². The molecule has 2 nitrogen and oxygen atoms in total. The topological polar surface area (TPSA) is 9.86 Å². The Hall–Kier alpha value is -7.94. The van der Waals surface area contributed by atoms with E-state index in [1.54, 1.807) is 0 Å². The number of para-hydroxylation sites is 2. The first-order valence-electron chi connectivity index (χ1n) is 21.6. The first-order valence-corrected chi connectivity index (χ1v) is 21.6. The molecule has 0 spiro atoms. The molecule has 2 aromatic heterocycles. The predicted molar refractivity (Wildman–Crippen MR) is 262 cm³/mol. The van der Waals surface area contributed by atoms with Gasteiger partial charge in [-0.05, 0) is 123 Å². The minimum absolute atomic E-state index is 1.01. The van der Waals surface area contributed by atoms with Crippen LogP contribution in [0.5, 0.6) is 0 Å². The SMILES string of the molecule is C1=C(c2ccccc2-c2ccccc2)CCc2c1n(-c1ccc(-c3ccc(-n4c5ccccc5c5ccc(-c6ccccc6-c6ccccc6)cc54)cc3)cc1)c1ccccc21. The molecule has 0 amide bonds. The molecule has 0 bridgehead atoms. The zero-order valence-corrected chi connectivity index (χ0v) is 34.2. The lowest BCUT2D eigenvalue weighted by Crippen LogP contribution is -2.04. The molecule has 292 valence electrons. The fraction of sp³-hybridized carbons (Fsp3) is 0.0333. The maximum absolute atomic E-state index is 2.47. The van der Waals surface area contributed by atoms with Crippen molar-refractivity contribution in [1.82, 2.24) is 9.13 Å². The lowest BCUT2D eigenvalue weighted by atomic mass is 9.87. The summed E-state index contributed by atoms with van der Waals surface area (Å²) in [5.74, 6) is 0. The van der Waals surface area contributed by atoms with E-state index in [4.69, 9.17) is 0 Å². The summed E-state index contributed by atoms with van der Waals surface area (Å²) < 4.78 is 4.89. The third kappa shape index (κ3) is 6.03. The highest BCUT2D eigenvalue weighted by Crippen LogP contribution is 2.42. The molecule has 1 aliphatic carbocycles. The van der Waals surface area contributed by atoms with Crippen molar-refractivity contribution in [2.24, 2.45) is 0 Å². The van der Waals surface area contributed by atoms with E-state index in [0.29, 0.717) is 0 Å². The second-order valence-electron chi connectivity index (χ2n) is 16.4. The molecule has 2 heteroatoms. The van der Waals surface area contributed by atoms with Crippen molar-refractivity contribution < 1.29 is 0 Å². The van der Waals surface area contributed by atoms with Crippen LogP contribution < -0.4 is 0 Å². The summed E-state index contributed by atoms with van der Waals surface area (Å²) in [7, 11) is 0. The van der Waals surface area contributed by atoms with Crippen molar-refractivity contribution in [3.8, 4) is 55.9 Å². The number of nitrogens with zero attached hydrogens (tertiary/aromatic N) is 2. The number of hydrogen-bond acceptors (Lipinski definition) is 0. The average molecular weight is 791 g/mol. The van der Waals surface area contributed by atoms with Crippen molar-refractivity contribution in [3.05, 3.63) is 241 Å². The Bertz CT molecular complexity index is 3470. The van der Waals surface area contributed by atoms with E-state index >= 15 is 0 Å². The van der Waals surface area contributed by atoms with Gasteiger partial charge in [0.1, 0.15) is 0 Å². The fourth-order valence-electron chi connectivity index (χ4n) is 9.99. The van der Waals surface area contributed by atoms with Crippen molar-refractivity contribution in [2.75, 3.05) is 0 Å². The average Bonchev–Trinajstić information content (AvgIpc) is 3.87. The molecule has 0 radical (unpaired) electrons. The van der Waals surface area contributed by atoms with Crippen molar-refractivity contribution in [2.45, 2.75) is 12.8 Å². The standard InChI is InChI=1S/C60H42N2/c1-3-15-43(16-4-1)49-19-7-9-21-51(49)45-31-37-55-53-23-11-13-25-57(53)61(59(55)39-45)47-33-27-41(28-34-47)42-29-35-48(36-30-42)62-58-26-14-12-24-54(58)56-38-32-46(40-60(56)62)52-22-10-8-20-50(52)44-17-5-2-6-18-44/h1-31,33-37,39-40H,32,38H2. The van der Waals surface area contributed by atoms with Gasteiger partial charge in [-0.25, -0.2) is 0 Å². The van der Waals surface area contributed by atoms with Crippen LogP contribution in [0, 0.1) is 0 Å². The van der Waals surface area contributed by atoms with Crippen molar-refractivity contribution >= 4 is 44.4 Å². The summed E-state index contributed by atoms with van der Waals surface area (Å²) in [6.07, 6.45) is 4.47. The Morgan fingerprint density at radius 1 is 0.290 bits per heavy atom. The van der Waals surface area contributed by atoms with Crippen LogP contribution in [-0.4, -0.2) is 9.13 Å². The Morgan fingerprint density at radius 2 is 0.742 bits per heavy atom. The predicted octanol–water partition coefficient (Wildman–Crippen LogP) is 15.9. The Morgan fingerprint density at radius 3 is 1.37 bits per heavy atom. The molecular weight excluding hydrogens is 749 g/mol. The van der Waals surface area contributed by atoms with E-state index in [-0.39, 0.29) is 0 Å². The maximum Gasteiger partial charge on any atom is 0.0547 e.